The van der Waals surface area contributed by atoms with Gasteiger partial charge >= 0.3 is 0 Å². The largest absolute Gasteiger partial charge is 0.342 e. The van der Waals surface area contributed by atoms with Crippen LogP contribution in [0.5, 0.6) is 0 Å². The van der Waals surface area contributed by atoms with E-state index in [1.165, 1.54) is 17.8 Å². The zero-order valence-electron chi connectivity index (χ0n) is 18.8. The monoisotopic (exact) mass is 539 g/mol. The van der Waals surface area contributed by atoms with Crippen LogP contribution >= 0.6 is 46.6 Å². The van der Waals surface area contributed by atoms with Crippen LogP contribution in [-0.2, 0) is 11.8 Å². The van der Waals surface area contributed by atoms with Crippen LogP contribution < -0.4 is 10.6 Å². The van der Waals surface area contributed by atoms with Crippen molar-refractivity contribution in [3.8, 4) is 0 Å². The lowest BCUT2D eigenvalue weighted by Crippen LogP contribution is -2.31. The first kappa shape index (κ1) is 26.3. The van der Waals surface area contributed by atoms with Gasteiger partial charge in [-0.1, -0.05) is 72.5 Å². The zero-order valence-corrected chi connectivity index (χ0v) is 21.9. The summed E-state index contributed by atoms with van der Waals surface area (Å²) < 4.78 is 1.78. The van der Waals surface area contributed by atoms with Crippen LogP contribution in [0.25, 0.3) is 0 Å². The molecule has 0 aliphatic carbocycles. The number of halogens is 3. The van der Waals surface area contributed by atoms with Crippen LogP contribution in [0.3, 0.4) is 0 Å². The fourth-order valence-electron chi connectivity index (χ4n) is 3.24. The highest BCUT2D eigenvalue weighted by Crippen LogP contribution is 2.27. The number of benzene rings is 2. The lowest BCUT2D eigenvalue weighted by Gasteiger charge is -2.20. The molecule has 3 aromatic rings. The van der Waals surface area contributed by atoms with E-state index in [1.54, 1.807) is 48.0 Å². The Bertz CT molecular complexity index is 1190. The molecule has 3 rings (SSSR count). The number of carbonyl (C=O) groups is 2. The summed E-state index contributed by atoms with van der Waals surface area (Å²) in [7, 11) is 1.80. The molecule has 7 nitrogen and oxygen atoms in total. The average molecular weight is 541 g/mol. The van der Waals surface area contributed by atoms with Crippen LogP contribution in [0.15, 0.2) is 47.6 Å². The van der Waals surface area contributed by atoms with E-state index < -0.39 is 6.04 Å². The summed E-state index contributed by atoms with van der Waals surface area (Å²) >= 11 is 19.5. The minimum Gasteiger partial charge on any atom is -0.342 e. The van der Waals surface area contributed by atoms with Gasteiger partial charge in [-0.3, -0.25) is 9.59 Å². The summed E-state index contributed by atoms with van der Waals surface area (Å²) in [4.78, 5) is 25.3. The lowest BCUT2D eigenvalue weighted by atomic mass is 10.0. The molecule has 11 heteroatoms. The van der Waals surface area contributed by atoms with Crippen LogP contribution in [0.1, 0.15) is 42.5 Å². The summed E-state index contributed by atoms with van der Waals surface area (Å²) in [5.74, 6) is 0.440. The van der Waals surface area contributed by atoms with Gasteiger partial charge in [-0.2, -0.15) is 0 Å². The molecule has 0 fully saturated rings. The molecule has 0 spiro atoms. The van der Waals surface area contributed by atoms with Crippen molar-refractivity contribution >= 4 is 64.1 Å². The maximum Gasteiger partial charge on any atom is 0.253 e. The SMILES string of the molecule is CC(C)C[C@H](NC(=O)c1ccc(Cl)cc1Cl)c1nnc(SCC(=O)Nc2ccccc2Cl)n1C. The molecule has 2 amide bonds. The van der Waals surface area contributed by atoms with Crippen molar-refractivity contribution in [2.24, 2.45) is 13.0 Å². The van der Waals surface area contributed by atoms with Crippen LogP contribution in [0.4, 0.5) is 5.69 Å². The minimum absolute atomic E-state index is 0.124. The van der Waals surface area contributed by atoms with E-state index in [9.17, 15) is 9.59 Å². The maximum absolute atomic E-state index is 12.9. The van der Waals surface area contributed by atoms with Crippen molar-refractivity contribution < 1.29 is 9.59 Å². The molecule has 0 saturated heterocycles. The molecule has 0 aliphatic rings. The summed E-state index contributed by atoms with van der Waals surface area (Å²) in [5, 5.41) is 16.1. The number of amides is 2. The van der Waals surface area contributed by atoms with Gasteiger partial charge in [0.2, 0.25) is 5.91 Å². The molecular formula is C23H24Cl3N5O2S. The van der Waals surface area contributed by atoms with E-state index in [0.29, 0.717) is 38.7 Å². The quantitative estimate of drug-likeness (QED) is 0.324. The summed E-state index contributed by atoms with van der Waals surface area (Å²) in [6.07, 6.45) is 0.639. The molecule has 0 saturated carbocycles. The van der Waals surface area contributed by atoms with E-state index in [1.807, 2.05) is 0 Å². The van der Waals surface area contributed by atoms with E-state index in [4.69, 9.17) is 34.8 Å². The van der Waals surface area contributed by atoms with Gasteiger partial charge in [0, 0.05) is 12.1 Å². The first-order valence-corrected chi connectivity index (χ1v) is 12.6. The molecule has 34 heavy (non-hydrogen) atoms. The van der Waals surface area contributed by atoms with E-state index in [2.05, 4.69) is 34.7 Å². The highest BCUT2D eigenvalue weighted by molar-refractivity contribution is 7.99. The highest BCUT2D eigenvalue weighted by Gasteiger charge is 2.24. The Morgan fingerprint density at radius 3 is 2.47 bits per heavy atom. The minimum atomic E-state index is -0.400. The fraction of sp³-hybridized carbons (Fsp3) is 0.304. The maximum atomic E-state index is 12.9. The van der Waals surface area contributed by atoms with Crippen molar-refractivity contribution in [2.75, 3.05) is 11.1 Å². The van der Waals surface area contributed by atoms with Crippen LogP contribution in [-0.4, -0.2) is 32.3 Å². The molecule has 2 N–H and O–H groups in total. The number of thioether (sulfide) groups is 1. The number of nitrogens with one attached hydrogen (secondary N) is 2. The van der Waals surface area contributed by atoms with E-state index in [-0.39, 0.29) is 28.5 Å². The Morgan fingerprint density at radius 1 is 1.06 bits per heavy atom. The van der Waals surface area contributed by atoms with Gasteiger partial charge in [0.15, 0.2) is 11.0 Å². The number of nitrogens with zero attached hydrogens (tertiary/aromatic N) is 3. The number of aromatic nitrogens is 3. The number of para-hydroxylation sites is 1. The number of anilines is 1. The van der Waals surface area contributed by atoms with Gasteiger partial charge in [-0.15, -0.1) is 10.2 Å². The van der Waals surface area contributed by atoms with Crippen molar-refractivity contribution in [3.05, 3.63) is 68.9 Å². The second-order valence-electron chi connectivity index (χ2n) is 8.00. The topological polar surface area (TPSA) is 88.9 Å². The third-order valence-electron chi connectivity index (χ3n) is 4.85. The van der Waals surface area contributed by atoms with E-state index in [0.717, 1.165) is 0 Å². The van der Waals surface area contributed by atoms with Gasteiger partial charge in [0.1, 0.15) is 0 Å². The van der Waals surface area contributed by atoms with Crippen LogP contribution in [0, 0.1) is 5.92 Å². The first-order valence-electron chi connectivity index (χ1n) is 10.5. The van der Waals surface area contributed by atoms with Gasteiger partial charge in [-0.05, 0) is 42.7 Å². The number of rotatable bonds is 9. The standard InChI is InChI=1S/C23H24Cl3N5O2S/c1-13(2)10-19(28-22(33)15-9-8-14(24)11-17(15)26)21-29-30-23(31(21)3)34-12-20(32)27-18-7-5-4-6-16(18)25/h4-9,11,13,19H,10,12H2,1-3H3,(H,27,32)(H,28,33)/t19-/m0/s1. The highest BCUT2D eigenvalue weighted by atomic mass is 35.5. The molecule has 0 aliphatic heterocycles. The zero-order chi connectivity index (χ0) is 24.8. The number of hydrogen-bond acceptors (Lipinski definition) is 5. The molecule has 2 aromatic carbocycles. The Hall–Kier alpha value is -2.26. The van der Waals surface area contributed by atoms with Crippen molar-refractivity contribution in [1.29, 1.82) is 0 Å². The van der Waals surface area contributed by atoms with Gasteiger partial charge < -0.3 is 15.2 Å². The third-order valence-corrected chi connectivity index (χ3v) is 6.75. The Labute approximate surface area is 217 Å². The molecule has 0 unspecified atom stereocenters. The van der Waals surface area contributed by atoms with Gasteiger partial charge in [0.25, 0.3) is 5.91 Å². The number of hydrogen-bond donors (Lipinski definition) is 2. The smallest absolute Gasteiger partial charge is 0.253 e. The van der Waals surface area contributed by atoms with Crippen LogP contribution in [0.2, 0.25) is 15.1 Å². The Balaban J connectivity index is 1.71. The molecule has 0 bridgehead atoms. The number of carbonyl (C=O) groups excluding carboxylic acids is 2. The fourth-order valence-corrected chi connectivity index (χ4v) is 4.64. The van der Waals surface area contributed by atoms with Gasteiger partial charge in [0.05, 0.1) is 33.1 Å². The Morgan fingerprint density at radius 2 is 1.79 bits per heavy atom. The van der Waals surface area contributed by atoms with E-state index >= 15 is 0 Å². The first-order chi connectivity index (χ1) is 16.2. The van der Waals surface area contributed by atoms with Crippen molar-refractivity contribution in [1.82, 2.24) is 20.1 Å². The molecule has 1 atom stereocenters. The predicted molar refractivity (Wildman–Crippen MR) is 138 cm³/mol. The van der Waals surface area contributed by atoms with Crippen molar-refractivity contribution in [2.45, 2.75) is 31.5 Å². The van der Waals surface area contributed by atoms with Crippen molar-refractivity contribution in [3.63, 3.8) is 0 Å². The lowest BCUT2D eigenvalue weighted by molar-refractivity contribution is -0.113. The molecule has 0 radical (unpaired) electrons. The third kappa shape index (κ3) is 6.88. The second kappa shape index (κ2) is 11.9. The molecule has 1 aromatic heterocycles. The van der Waals surface area contributed by atoms with Gasteiger partial charge in [-0.25, -0.2) is 0 Å². The summed E-state index contributed by atoms with van der Waals surface area (Å²) in [6, 6.07) is 11.4. The molecule has 180 valence electrons. The average Bonchev–Trinajstić information content (AvgIpc) is 3.13. The normalized spacial score (nSPS) is 12.0. The summed E-state index contributed by atoms with van der Waals surface area (Å²) in [5.41, 5.74) is 0.877. The molecule has 1 heterocycles. The second-order valence-corrected chi connectivity index (χ2v) is 10.2. The summed E-state index contributed by atoms with van der Waals surface area (Å²) in [6.45, 7) is 4.11. The molecular weight excluding hydrogens is 517 g/mol. The Kier molecular flexibility index (Phi) is 9.24. The predicted octanol–water partition coefficient (Wildman–Crippen LogP) is 6.02.